The van der Waals surface area contributed by atoms with Crippen molar-refractivity contribution >= 4 is 44.6 Å². The van der Waals surface area contributed by atoms with Gasteiger partial charge in [-0.1, -0.05) is 6.07 Å². The smallest absolute Gasteiger partial charge is 0.306 e. The van der Waals surface area contributed by atoms with E-state index in [1.165, 1.54) is 35.6 Å². The first-order valence-corrected chi connectivity index (χ1v) is 10.3. The third-order valence-corrected chi connectivity index (χ3v) is 4.74. The van der Waals surface area contributed by atoms with E-state index in [-0.39, 0.29) is 24.2 Å². The van der Waals surface area contributed by atoms with Gasteiger partial charge in [0.1, 0.15) is 0 Å². The lowest BCUT2D eigenvalue weighted by Crippen LogP contribution is -2.15. The maximum Gasteiger partial charge on any atom is 0.306 e. The summed E-state index contributed by atoms with van der Waals surface area (Å²) in [7, 11) is -3.39. The standard InChI is InChI=1S/C17H17NO6S2/c1-26(22,23)18-13-6-4-12(5-7-13)15(20)11-24-17(21)9-8-14(19)16-3-2-10-25-16/h2-7,10,18H,8-9,11H2,1H3. The number of carbonyl (C=O) groups excluding carboxylic acids is 3. The van der Waals surface area contributed by atoms with E-state index in [0.717, 1.165) is 6.26 Å². The molecule has 0 aliphatic rings. The van der Waals surface area contributed by atoms with E-state index < -0.39 is 28.4 Å². The number of anilines is 1. The lowest BCUT2D eigenvalue weighted by molar-refractivity contribution is -0.142. The average Bonchev–Trinajstić information content (AvgIpc) is 3.11. The molecular weight excluding hydrogens is 378 g/mol. The fourth-order valence-electron chi connectivity index (χ4n) is 2.02. The van der Waals surface area contributed by atoms with Crippen LogP contribution in [-0.4, -0.2) is 38.8 Å². The molecule has 26 heavy (non-hydrogen) atoms. The number of ketones is 2. The largest absolute Gasteiger partial charge is 0.457 e. The molecule has 0 radical (unpaired) electrons. The third-order valence-electron chi connectivity index (χ3n) is 3.23. The number of benzene rings is 1. The fraction of sp³-hybridized carbons (Fsp3) is 0.235. The van der Waals surface area contributed by atoms with Crippen LogP contribution in [0.2, 0.25) is 0 Å². The minimum absolute atomic E-state index is 0.0272. The Balaban J connectivity index is 1.78. The van der Waals surface area contributed by atoms with E-state index in [2.05, 4.69) is 4.72 Å². The number of hydrogen-bond donors (Lipinski definition) is 1. The third kappa shape index (κ3) is 6.41. The zero-order chi connectivity index (χ0) is 19.2. The maximum absolute atomic E-state index is 12.0. The Labute approximate surface area is 155 Å². The molecule has 9 heteroatoms. The topological polar surface area (TPSA) is 107 Å². The molecule has 0 unspecified atom stereocenters. The van der Waals surface area contributed by atoms with E-state index in [1.807, 2.05) is 0 Å². The first-order chi connectivity index (χ1) is 12.2. The number of Topliss-reactive ketones (excluding diaryl/α,β-unsaturated/α-hetero) is 2. The van der Waals surface area contributed by atoms with Gasteiger partial charge in [-0.15, -0.1) is 11.3 Å². The molecule has 2 aromatic rings. The zero-order valence-corrected chi connectivity index (χ0v) is 15.6. The van der Waals surface area contributed by atoms with Gasteiger partial charge in [-0.25, -0.2) is 8.42 Å². The van der Waals surface area contributed by atoms with Gasteiger partial charge in [0.2, 0.25) is 10.0 Å². The molecule has 0 saturated carbocycles. The van der Waals surface area contributed by atoms with Crippen LogP contribution in [0.1, 0.15) is 32.9 Å². The van der Waals surface area contributed by atoms with Crippen LogP contribution >= 0.6 is 11.3 Å². The van der Waals surface area contributed by atoms with Gasteiger partial charge >= 0.3 is 5.97 Å². The summed E-state index contributed by atoms with van der Waals surface area (Å²) in [5, 5.41) is 1.78. The van der Waals surface area contributed by atoms with Crippen molar-refractivity contribution in [3.8, 4) is 0 Å². The van der Waals surface area contributed by atoms with E-state index >= 15 is 0 Å². The Morgan fingerprint density at radius 1 is 1.04 bits per heavy atom. The number of rotatable bonds is 9. The highest BCUT2D eigenvalue weighted by Crippen LogP contribution is 2.13. The van der Waals surface area contributed by atoms with Crippen LogP contribution in [0.4, 0.5) is 5.69 Å². The normalized spacial score (nSPS) is 11.0. The molecule has 1 N–H and O–H groups in total. The van der Waals surface area contributed by atoms with Crippen LogP contribution in [0.3, 0.4) is 0 Å². The second-order valence-electron chi connectivity index (χ2n) is 5.44. The van der Waals surface area contributed by atoms with Crippen molar-refractivity contribution in [2.45, 2.75) is 12.8 Å². The average molecular weight is 395 g/mol. The van der Waals surface area contributed by atoms with Gasteiger partial charge in [0.05, 0.1) is 17.6 Å². The minimum atomic E-state index is -3.39. The fourth-order valence-corrected chi connectivity index (χ4v) is 3.27. The Morgan fingerprint density at radius 2 is 1.73 bits per heavy atom. The van der Waals surface area contributed by atoms with Gasteiger partial charge in [0.25, 0.3) is 0 Å². The van der Waals surface area contributed by atoms with Crippen LogP contribution in [0, 0.1) is 0 Å². The molecule has 1 aromatic carbocycles. The van der Waals surface area contributed by atoms with Crippen molar-refractivity contribution < 1.29 is 27.5 Å². The van der Waals surface area contributed by atoms with Crippen molar-refractivity contribution in [1.29, 1.82) is 0 Å². The number of esters is 1. The van der Waals surface area contributed by atoms with Crippen LogP contribution in [-0.2, 0) is 19.6 Å². The lowest BCUT2D eigenvalue weighted by Gasteiger charge is -2.06. The van der Waals surface area contributed by atoms with Gasteiger partial charge in [-0.3, -0.25) is 19.1 Å². The number of sulfonamides is 1. The number of ether oxygens (including phenoxy) is 1. The maximum atomic E-state index is 12.0. The highest BCUT2D eigenvalue weighted by molar-refractivity contribution is 7.92. The summed E-state index contributed by atoms with van der Waals surface area (Å²) in [6.45, 7) is -0.440. The quantitative estimate of drug-likeness (QED) is 0.516. The Hall–Kier alpha value is -2.52. The van der Waals surface area contributed by atoms with Gasteiger partial charge in [-0.05, 0) is 35.7 Å². The SMILES string of the molecule is CS(=O)(=O)Nc1ccc(C(=O)COC(=O)CCC(=O)c2cccs2)cc1. The van der Waals surface area contributed by atoms with Crippen molar-refractivity contribution in [3.05, 3.63) is 52.2 Å². The predicted octanol–water partition coefficient (Wildman–Crippen LogP) is 2.51. The van der Waals surface area contributed by atoms with Crippen molar-refractivity contribution in [3.63, 3.8) is 0 Å². The molecule has 0 atom stereocenters. The van der Waals surface area contributed by atoms with Crippen molar-refractivity contribution in [2.75, 3.05) is 17.6 Å². The molecule has 0 aliphatic carbocycles. The molecule has 2 rings (SSSR count). The minimum Gasteiger partial charge on any atom is -0.457 e. The predicted molar refractivity (Wildman–Crippen MR) is 98.1 cm³/mol. The van der Waals surface area contributed by atoms with Gasteiger partial charge in [0.15, 0.2) is 18.2 Å². The van der Waals surface area contributed by atoms with Crippen molar-refractivity contribution in [1.82, 2.24) is 0 Å². The van der Waals surface area contributed by atoms with Gasteiger partial charge in [-0.2, -0.15) is 0 Å². The molecule has 0 fully saturated rings. The zero-order valence-electron chi connectivity index (χ0n) is 13.9. The summed E-state index contributed by atoms with van der Waals surface area (Å²) in [5.41, 5.74) is 0.611. The Kier molecular flexibility index (Phi) is 6.64. The van der Waals surface area contributed by atoms with E-state index in [4.69, 9.17) is 4.74 Å². The molecule has 0 spiro atoms. The van der Waals surface area contributed by atoms with Crippen LogP contribution in [0.5, 0.6) is 0 Å². The first kappa shape index (κ1) is 19.8. The molecule has 7 nitrogen and oxygen atoms in total. The summed E-state index contributed by atoms with van der Waals surface area (Å²) in [6.07, 6.45) is 0.954. The Bertz CT molecular complexity index is 886. The summed E-state index contributed by atoms with van der Waals surface area (Å²) < 4.78 is 29.4. The summed E-state index contributed by atoms with van der Waals surface area (Å²) >= 11 is 1.30. The number of thiophene rings is 1. The second kappa shape index (κ2) is 8.72. The molecule has 0 amide bonds. The van der Waals surface area contributed by atoms with Crippen LogP contribution in [0.15, 0.2) is 41.8 Å². The highest BCUT2D eigenvalue weighted by atomic mass is 32.2. The second-order valence-corrected chi connectivity index (χ2v) is 8.13. The Morgan fingerprint density at radius 3 is 2.31 bits per heavy atom. The molecule has 1 aromatic heterocycles. The highest BCUT2D eigenvalue weighted by Gasteiger charge is 2.13. The molecule has 0 bridgehead atoms. The summed E-state index contributed by atoms with van der Waals surface area (Å²) in [6, 6.07) is 9.19. The molecule has 0 aliphatic heterocycles. The monoisotopic (exact) mass is 395 g/mol. The van der Waals surface area contributed by atoms with Crippen molar-refractivity contribution in [2.24, 2.45) is 0 Å². The first-order valence-electron chi connectivity index (χ1n) is 7.58. The molecular formula is C17H17NO6S2. The van der Waals surface area contributed by atoms with E-state index in [0.29, 0.717) is 10.6 Å². The van der Waals surface area contributed by atoms with E-state index in [1.54, 1.807) is 17.5 Å². The number of nitrogens with one attached hydrogen (secondary N) is 1. The van der Waals surface area contributed by atoms with Gasteiger partial charge < -0.3 is 4.74 Å². The molecule has 1 heterocycles. The van der Waals surface area contributed by atoms with Crippen LogP contribution in [0.25, 0.3) is 0 Å². The number of hydrogen-bond acceptors (Lipinski definition) is 7. The van der Waals surface area contributed by atoms with Gasteiger partial charge in [0, 0.05) is 17.7 Å². The molecule has 0 saturated heterocycles. The summed E-state index contributed by atoms with van der Waals surface area (Å²) in [5.74, 6) is -1.19. The van der Waals surface area contributed by atoms with E-state index in [9.17, 15) is 22.8 Å². The summed E-state index contributed by atoms with van der Waals surface area (Å²) in [4.78, 5) is 36.0. The van der Waals surface area contributed by atoms with Crippen LogP contribution < -0.4 is 4.72 Å². The lowest BCUT2D eigenvalue weighted by atomic mass is 10.1. The number of carbonyl (C=O) groups is 3. The molecule has 138 valence electrons.